The van der Waals surface area contributed by atoms with Gasteiger partial charge in [0.25, 0.3) is 0 Å². The lowest BCUT2D eigenvalue weighted by molar-refractivity contribution is 0.0682. The number of unbranched alkanes of at least 4 members (excludes halogenated alkanes) is 1. The quantitative estimate of drug-likeness (QED) is 0.580. The molecule has 0 saturated carbocycles. The normalized spacial score (nSPS) is 10.5. The minimum absolute atomic E-state index is 0.126. The number of carboxylic acids is 2. The van der Waals surface area contributed by atoms with Gasteiger partial charge in [0, 0.05) is 0 Å². The number of para-hydroxylation sites is 2. The van der Waals surface area contributed by atoms with Crippen molar-refractivity contribution in [3.8, 4) is 11.5 Å². The number of hydrogen-bond donors (Lipinski definition) is 4. The maximum atomic E-state index is 11.0. The van der Waals surface area contributed by atoms with Gasteiger partial charge in [0.1, 0.15) is 22.6 Å². The van der Waals surface area contributed by atoms with Crippen LogP contribution in [0.4, 0.5) is 0 Å². The summed E-state index contributed by atoms with van der Waals surface area (Å²) < 4.78 is 0. The number of benzene rings is 2. The van der Waals surface area contributed by atoms with E-state index in [2.05, 4.69) is 0 Å². The Morgan fingerprint density at radius 2 is 1.08 bits per heavy atom. The molecule has 24 heavy (non-hydrogen) atoms. The molecule has 0 aliphatic carbocycles. The molecule has 6 heteroatoms. The van der Waals surface area contributed by atoms with Crippen LogP contribution in [0.15, 0.2) is 36.4 Å². The average molecular weight is 330 g/mol. The zero-order chi connectivity index (χ0) is 17.7. The molecule has 2 aromatic rings. The average Bonchev–Trinajstić information content (AvgIpc) is 2.53. The summed E-state index contributed by atoms with van der Waals surface area (Å²) in [5, 5.41) is 37.8. The molecule has 0 spiro atoms. The Bertz CT molecular complexity index is 701. The molecule has 0 aliphatic rings. The summed E-state index contributed by atoms with van der Waals surface area (Å²) >= 11 is 0. The molecule has 4 N–H and O–H groups in total. The van der Waals surface area contributed by atoms with Gasteiger partial charge in [0.05, 0.1) is 0 Å². The second kappa shape index (κ2) is 7.50. The van der Waals surface area contributed by atoms with Crippen LogP contribution in [0, 0.1) is 0 Å². The van der Waals surface area contributed by atoms with E-state index in [1.165, 1.54) is 12.1 Å². The summed E-state index contributed by atoms with van der Waals surface area (Å²) in [6.07, 6.45) is 2.30. The van der Waals surface area contributed by atoms with Gasteiger partial charge in [0.15, 0.2) is 0 Å². The number of carboxylic acid groups (broad SMARTS) is 2. The Morgan fingerprint density at radius 1 is 0.708 bits per heavy atom. The van der Waals surface area contributed by atoms with E-state index in [1.54, 1.807) is 24.3 Å². The summed E-state index contributed by atoms with van der Waals surface area (Å²) in [5.41, 5.74) is 0.857. The highest BCUT2D eigenvalue weighted by Crippen LogP contribution is 2.26. The molecule has 0 saturated heterocycles. The van der Waals surface area contributed by atoms with E-state index in [4.69, 9.17) is 10.2 Å². The standard InChI is InChI=1S/C18H18O6/c19-15-11(7-3-9-13(15)17(21)22)5-1-2-6-12-8-4-10-14(16(12)20)18(23)24/h3-4,7-10,19-20H,1-2,5-6H2,(H,21,22)(H,23,24). The molecule has 2 aromatic carbocycles. The summed E-state index contributed by atoms with van der Waals surface area (Å²) in [5.74, 6) is -2.80. The molecular formula is C18H18O6. The van der Waals surface area contributed by atoms with E-state index in [0.717, 1.165) is 0 Å². The summed E-state index contributed by atoms with van der Waals surface area (Å²) in [4.78, 5) is 22.0. The third-order valence-corrected chi connectivity index (χ3v) is 3.84. The molecule has 126 valence electrons. The zero-order valence-corrected chi connectivity index (χ0v) is 12.9. The second-order valence-electron chi connectivity index (χ2n) is 5.44. The Morgan fingerprint density at radius 3 is 1.42 bits per heavy atom. The fraction of sp³-hybridized carbons (Fsp3) is 0.222. The SMILES string of the molecule is O=C(O)c1cccc(CCCCc2cccc(C(=O)O)c2O)c1O. The number of rotatable bonds is 7. The lowest BCUT2D eigenvalue weighted by Crippen LogP contribution is -2.00. The van der Waals surface area contributed by atoms with Gasteiger partial charge in [-0.2, -0.15) is 0 Å². The van der Waals surface area contributed by atoms with Crippen LogP contribution in [-0.2, 0) is 12.8 Å². The fourth-order valence-corrected chi connectivity index (χ4v) is 2.56. The van der Waals surface area contributed by atoms with Crippen LogP contribution in [0.5, 0.6) is 11.5 Å². The molecule has 0 atom stereocenters. The maximum Gasteiger partial charge on any atom is 0.339 e. The minimum atomic E-state index is -1.18. The Balaban J connectivity index is 1.97. The number of phenols is 2. The number of hydrogen-bond acceptors (Lipinski definition) is 4. The van der Waals surface area contributed by atoms with Gasteiger partial charge in [-0.3, -0.25) is 0 Å². The molecule has 0 heterocycles. The highest BCUT2D eigenvalue weighted by atomic mass is 16.4. The van der Waals surface area contributed by atoms with Crippen molar-refractivity contribution in [1.82, 2.24) is 0 Å². The maximum absolute atomic E-state index is 11.0. The van der Waals surface area contributed by atoms with Gasteiger partial charge < -0.3 is 20.4 Å². The van der Waals surface area contributed by atoms with Crippen molar-refractivity contribution in [1.29, 1.82) is 0 Å². The Kier molecular flexibility index (Phi) is 5.42. The van der Waals surface area contributed by atoms with Gasteiger partial charge in [-0.15, -0.1) is 0 Å². The van der Waals surface area contributed by atoms with E-state index >= 15 is 0 Å². The van der Waals surface area contributed by atoms with Crippen LogP contribution in [-0.4, -0.2) is 32.4 Å². The molecule has 0 bridgehead atoms. The first-order chi connectivity index (χ1) is 11.4. The largest absolute Gasteiger partial charge is 0.507 e. The summed E-state index contributed by atoms with van der Waals surface area (Å²) in [7, 11) is 0. The topological polar surface area (TPSA) is 115 Å². The molecule has 0 aromatic heterocycles. The molecule has 0 fully saturated rings. The first kappa shape index (κ1) is 17.3. The molecule has 0 radical (unpaired) electrons. The molecule has 0 aliphatic heterocycles. The van der Waals surface area contributed by atoms with Gasteiger partial charge in [0.2, 0.25) is 0 Å². The number of carbonyl (C=O) groups is 2. The molecule has 0 amide bonds. The first-order valence-corrected chi connectivity index (χ1v) is 7.50. The summed E-state index contributed by atoms with van der Waals surface area (Å²) in [6.45, 7) is 0. The van der Waals surface area contributed by atoms with Crippen LogP contribution in [0.25, 0.3) is 0 Å². The van der Waals surface area contributed by atoms with E-state index in [-0.39, 0.29) is 22.6 Å². The number of aromatic hydroxyl groups is 2. The second-order valence-corrected chi connectivity index (χ2v) is 5.44. The van der Waals surface area contributed by atoms with Crippen LogP contribution in [0.3, 0.4) is 0 Å². The van der Waals surface area contributed by atoms with E-state index < -0.39 is 11.9 Å². The van der Waals surface area contributed by atoms with Crippen molar-refractivity contribution in [2.75, 3.05) is 0 Å². The van der Waals surface area contributed by atoms with Crippen LogP contribution in [0.1, 0.15) is 44.7 Å². The van der Waals surface area contributed by atoms with Crippen molar-refractivity contribution >= 4 is 11.9 Å². The fourth-order valence-electron chi connectivity index (χ4n) is 2.56. The predicted octanol–water partition coefficient (Wildman–Crippen LogP) is 3.06. The van der Waals surface area contributed by atoms with Crippen molar-refractivity contribution < 1.29 is 30.0 Å². The number of aryl methyl sites for hydroxylation is 2. The van der Waals surface area contributed by atoms with Gasteiger partial charge in [-0.1, -0.05) is 24.3 Å². The third-order valence-electron chi connectivity index (χ3n) is 3.84. The van der Waals surface area contributed by atoms with Crippen molar-refractivity contribution in [2.45, 2.75) is 25.7 Å². The number of aromatic carboxylic acids is 2. The van der Waals surface area contributed by atoms with Gasteiger partial charge in [-0.05, 0) is 48.9 Å². The lowest BCUT2D eigenvalue weighted by atomic mass is 9.99. The van der Waals surface area contributed by atoms with Crippen LogP contribution in [0.2, 0.25) is 0 Å². The highest BCUT2D eigenvalue weighted by Gasteiger charge is 2.14. The van der Waals surface area contributed by atoms with Crippen molar-refractivity contribution in [3.05, 3.63) is 58.7 Å². The Labute approximate surface area is 138 Å². The van der Waals surface area contributed by atoms with Crippen LogP contribution >= 0.6 is 0 Å². The van der Waals surface area contributed by atoms with E-state index in [0.29, 0.717) is 36.8 Å². The summed E-state index contributed by atoms with van der Waals surface area (Å²) in [6, 6.07) is 9.20. The Hall–Kier alpha value is -3.02. The molecular weight excluding hydrogens is 312 g/mol. The van der Waals surface area contributed by atoms with E-state index in [1.807, 2.05) is 0 Å². The highest BCUT2D eigenvalue weighted by molar-refractivity contribution is 5.91. The third kappa shape index (κ3) is 3.84. The van der Waals surface area contributed by atoms with Gasteiger partial charge >= 0.3 is 11.9 Å². The zero-order valence-electron chi connectivity index (χ0n) is 12.9. The van der Waals surface area contributed by atoms with Gasteiger partial charge in [-0.25, -0.2) is 9.59 Å². The van der Waals surface area contributed by atoms with E-state index in [9.17, 15) is 19.8 Å². The molecule has 6 nitrogen and oxygen atoms in total. The molecule has 2 rings (SSSR count). The van der Waals surface area contributed by atoms with Crippen molar-refractivity contribution in [2.24, 2.45) is 0 Å². The lowest BCUT2D eigenvalue weighted by Gasteiger charge is -2.09. The predicted molar refractivity (Wildman–Crippen MR) is 86.8 cm³/mol. The first-order valence-electron chi connectivity index (χ1n) is 7.50. The molecule has 0 unspecified atom stereocenters. The minimum Gasteiger partial charge on any atom is -0.507 e. The van der Waals surface area contributed by atoms with Crippen molar-refractivity contribution in [3.63, 3.8) is 0 Å². The monoisotopic (exact) mass is 330 g/mol. The van der Waals surface area contributed by atoms with Crippen LogP contribution < -0.4 is 0 Å². The smallest absolute Gasteiger partial charge is 0.339 e.